The number of hydrogen-bond acceptors (Lipinski definition) is 3. The average Bonchev–Trinajstić information content (AvgIpc) is 2.02. The van der Waals surface area contributed by atoms with E-state index < -0.39 is 8.25 Å². The topological polar surface area (TPSA) is 72.5 Å². The maximum Gasteiger partial charge on any atom is 0.316 e. The molecule has 0 radical (unpaired) electrons. The molecule has 0 aromatic heterocycles. The van der Waals surface area contributed by atoms with Gasteiger partial charge in [-0.2, -0.15) is 0 Å². The van der Waals surface area contributed by atoms with Gasteiger partial charge >= 0.3 is 8.25 Å². The molecule has 0 saturated heterocycles. The van der Waals surface area contributed by atoms with Crippen molar-refractivity contribution in [1.29, 1.82) is 0 Å². The molecule has 0 bridgehead atoms. The molecule has 0 aromatic carbocycles. The van der Waals surface area contributed by atoms with Crippen LogP contribution >= 0.6 is 8.25 Å². The first kappa shape index (κ1) is 13.7. The summed E-state index contributed by atoms with van der Waals surface area (Å²) >= 11 is 0. The van der Waals surface area contributed by atoms with Crippen molar-refractivity contribution in [3.8, 4) is 0 Å². The van der Waals surface area contributed by atoms with Crippen molar-refractivity contribution in [3.05, 3.63) is 0 Å². The molecule has 0 spiro atoms. The molecule has 0 fully saturated rings. The molecule has 0 amide bonds. The Bertz CT molecular complexity index is 89.9. The van der Waals surface area contributed by atoms with E-state index in [0.29, 0.717) is 6.61 Å². The Balaban J connectivity index is 0. The van der Waals surface area contributed by atoms with Crippen molar-refractivity contribution >= 4 is 8.25 Å². The van der Waals surface area contributed by atoms with Crippen molar-refractivity contribution < 1.29 is 14.0 Å². The van der Waals surface area contributed by atoms with E-state index in [0.717, 1.165) is 19.3 Å². The van der Waals surface area contributed by atoms with E-state index in [-0.39, 0.29) is 0 Å². The van der Waals surface area contributed by atoms with Gasteiger partial charge in [0.25, 0.3) is 0 Å². The highest BCUT2D eigenvalue weighted by Gasteiger charge is 1.89. The zero-order valence-electron chi connectivity index (χ0n) is 7.17. The Labute approximate surface area is 68.7 Å². The molecule has 3 N–H and O–H groups in total. The summed E-state index contributed by atoms with van der Waals surface area (Å²) in [6.07, 6.45) is 3.05. The highest BCUT2D eigenvalue weighted by Crippen LogP contribution is 2.14. The van der Waals surface area contributed by atoms with E-state index in [1.54, 1.807) is 0 Å². The maximum absolute atomic E-state index is 9.93. The monoisotopic (exact) mass is 183 g/mol. The van der Waals surface area contributed by atoms with Crippen molar-refractivity contribution in [2.24, 2.45) is 5.73 Å². The predicted molar refractivity (Wildman–Crippen MR) is 46.8 cm³/mol. The van der Waals surface area contributed by atoms with Gasteiger partial charge in [-0.25, -0.2) is 0 Å². The van der Waals surface area contributed by atoms with Gasteiger partial charge in [0, 0.05) is 0 Å². The Morgan fingerprint density at radius 2 is 2.00 bits per heavy atom. The van der Waals surface area contributed by atoms with E-state index in [9.17, 15) is 4.57 Å². The lowest BCUT2D eigenvalue weighted by Gasteiger charge is -1.96. The molecule has 0 aromatic rings. The van der Waals surface area contributed by atoms with E-state index in [1.807, 2.05) is 0 Å². The highest BCUT2D eigenvalue weighted by atomic mass is 31.1. The normalized spacial score (nSPS) is 11.6. The Kier molecular flexibility index (Phi) is 15.9. The van der Waals surface area contributed by atoms with Gasteiger partial charge in [-0.05, 0) is 13.5 Å². The standard InChI is InChI=1S/C5H13O3P.CH5N/c1-2-3-4-5-8-9(6)7;1-2/h9H,2-5H2,1H3,(H,6,7);2H2,1H3. The second kappa shape index (κ2) is 12.8. The lowest BCUT2D eigenvalue weighted by Crippen LogP contribution is -1.84. The van der Waals surface area contributed by atoms with E-state index in [1.165, 1.54) is 7.05 Å². The third kappa shape index (κ3) is 17.8. The Hall–Kier alpha value is 0.110. The fourth-order valence-electron chi connectivity index (χ4n) is 0.512. The summed E-state index contributed by atoms with van der Waals surface area (Å²) in [5.41, 5.74) is 4.50. The molecule has 0 rings (SSSR count). The van der Waals surface area contributed by atoms with Crippen LogP contribution in [0.1, 0.15) is 26.2 Å². The Morgan fingerprint density at radius 1 is 1.45 bits per heavy atom. The van der Waals surface area contributed by atoms with Crippen LogP contribution in [0.3, 0.4) is 0 Å². The molecule has 0 aliphatic heterocycles. The third-order valence-corrected chi connectivity index (χ3v) is 1.42. The van der Waals surface area contributed by atoms with Crippen LogP contribution in [0.5, 0.6) is 0 Å². The van der Waals surface area contributed by atoms with Crippen LogP contribution in [-0.2, 0) is 9.09 Å². The molecule has 5 heteroatoms. The fraction of sp³-hybridized carbons (Fsp3) is 1.00. The van der Waals surface area contributed by atoms with Crippen molar-refractivity contribution in [3.63, 3.8) is 0 Å². The van der Waals surface area contributed by atoms with Crippen LogP contribution in [0.4, 0.5) is 0 Å². The van der Waals surface area contributed by atoms with E-state index in [2.05, 4.69) is 17.2 Å². The largest absolute Gasteiger partial charge is 0.333 e. The lowest BCUT2D eigenvalue weighted by molar-refractivity contribution is 0.274. The first-order chi connectivity index (χ1) is 5.27. The van der Waals surface area contributed by atoms with Crippen molar-refractivity contribution in [2.45, 2.75) is 26.2 Å². The van der Waals surface area contributed by atoms with Crippen LogP contribution in [0.2, 0.25) is 0 Å². The summed E-state index contributed by atoms with van der Waals surface area (Å²) in [6.45, 7) is 2.49. The van der Waals surface area contributed by atoms with Crippen LogP contribution in [0.15, 0.2) is 0 Å². The van der Waals surface area contributed by atoms with Gasteiger partial charge in [-0.1, -0.05) is 19.8 Å². The average molecular weight is 183 g/mol. The molecular formula is C6H18NO3P. The quantitative estimate of drug-likeness (QED) is 0.495. The summed E-state index contributed by atoms with van der Waals surface area (Å²) in [4.78, 5) is 8.18. The first-order valence-electron chi connectivity index (χ1n) is 3.70. The molecule has 0 aliphatic carbocycles. The van der Waals surface area contributed by atoms with Gasteiger partial charge in [-0.3, -0.25) is 4.57 Å². The van der Waals surface area contributed by atoms with Gasteiger partial charge in [0.15, 0.2) is 0 Å². The minimum atomic E-state index is -2.67. The molecule has 1 unspecified atom stereocenters. The number of rotatable bonds is 5. The molecule has 0 aliphatic rings. The number of nitrogens with two attached hydrogens (primary N) is 1. The molecule has 70 valence electrons. The lowest BCUT2D eigenvalue weighted by atomic mass is 10.3. The van der Waals surface area contributed by atoms with Crippen molar-refractivity contribution in [2.75, 3.05) is 13.7 Å². The molecule has 0 heterocycles. The van der Waals surface area contributed by atoms with Crippen molar-refractivity contribution in [1.82, 2.24) is 0 Å². The molecule has 1 atom stereocenters. The zero-order chi connectivity index (χ0) is 9.11. The number of hydrogen-bond donors (Lipinski definition) is 2. The van der Waals surface area contributed by atoms with Gasteiger partial charge in [-0.15, -0.1) is 0 Å². The maximum atomic E-state index is 9.93. The second-order valence-electron chi connectivity index (χ2n) is 1.82. The van der Waals surface area contributed by atoms with E-state index >= 15 is 0 Å². The summed E-state index contributed by atoms with van der Waals surface area (Å²) in [5, 5.41) is 0. The van der Waals surface area contributed by atoms with Gasteiger partial charge in [0.1, 0.15) is 0 Å². The SMILES string of the molecule is CCCCCO[PH](=O)O.CN. The minimum Gasteiger partial charge on any atom is -0.333 e. The molecule has 11 heavy (non-hydrogen) atoms. The van der Waals surface area contributed by atoms with Gasteiger partial charge in [0.05, 0.1) is 6.61 Å². The number of unbranched alkanes of at least 4 members (excludes halogenated alkanes) is 2. The van der Waals surface area contributed by atoms with E-state index in [4.69, 9.17) is 4.89 Å². The summed E-state index contributed by atoms with van der Waals surface area (Å²) in [6, 6.07) is 0. The Morgan fingerprint density at radius 3 is 2.36 bits per heavy atom. The minimum absolute atomic E-state index is 0.419. The molecular weight excluding hydrogens is 165 g/mol. The van der Waals surface area contributed by atoms with Gasteiger partial charge in [0.2, 0.25) is 0 Å². The molecule has 4 nitrogen and oxygen atoms in total. The molecule has 0 saturated carbocycles. The van der Waals surface area contributed by atoms with Crippen LogP contribution in [0, 0.1) is 0 Å². The van der Waals surface area contributed by atoms with Crippen LogP contribution in [-0.4, -0.2) is 18.5 Å². The fourth-order valence-corrected chi connectivity index (χ4v) is 0.830. The summed E-state index contributed by atoms with van der Waals surface area (Å²) < 4.78 is 14.4. The second-order valence-corrected chi connectivity index (χ2v) is 2.64. The van der Waals surface area contributed by atoms with Gasteiger partial charge < -0.3 is 15.2 Å². The highest BCUT2D eigenvalue weighted by molar-refractivity contribution is 7.32. The van der Waals surface area contributed by atoms with Crippen LogP contribution < -0.4 is 5.73 Å². The predicted octanol–water partition coefficient (Wildman–Crippen LogP) is 1.15. The summed E-state index contributed by atoms with van der Waals surface area (Å²) in [7, 11) is -1.17. The zero-order valence-corrected chi connectivity index (χ0v) is 8.17. The smallest absolute Gasteiger partial charge is 0.316 e. The third-order valence-electron chi connectivity index (χ3n) is 0.973. The summed E-state index contributed by atoms with van der Waals surface area (Å²) in [5.74, 6) is 0. The van der Waals surface area contributed by atoms with Crippen LogP contribution in [0.25, 0.3) is 0 Å². The first-order valence-corrected chi connectivity index (χ1v) is 4.97.